The topological polar surface area (TPSA) is 0 Å². The molecule has 0 radical (unpaired) electrons. The summed E-state index contributed by atoms with van der Waals surface area (Å²) in [4.78, 5) is 0. The highest BCUT2D eigenvalue weighted by Crippen LogP contribution is 2.45. The van der Waals surface area contributed by atoms with Crippen LogP contribution in [0.2, 0.25) is 0 Å². The first kappa shape index (κ1) is 26.0. The van der Waals surface area contributed by atoms with E-state index in [0.29, 0.717) is 12.1 Å². The van der Waals surface area contributed by atoms with Gasteiger partial charge in [-0.05, 0) is 107 Å². The van der Waals surface area contributed by atoms with E-state index < -0.39 is 0 Å². The molecule has 0 aliphatic rings. The van der Waals surface area contributed by atoms with Gasteiger partial charge in [-0.1, -0.05) is 152 Å². The second-order valence-electron chi connectivity index (χ2n) is 12.7. The van der Waals surface area contributed by atoms with E-state index in [1.54, 1.807) is 0 Å². The molecule has 0 saturated carbocycles. The van der Waals surface area contributed by atoms with Crippen molar-refractivity contribution in [2.24, 2.45) is 0 Å². The van der Waals surface area contributed by atoms with E-state index in [9.17, 15) is 0 Å². The van der Waals surface area contributed by atoms with Gasteiger partial charge in [0.2, 0.25) is 0 Å². The number of fused-ring (bicyclic) bond motifs is 6. The van der Waals surface area contributed by atoms with Crippen molar-refractivity contribution in [1.29, 1.82) is 0 Å². The number of hydrogen-bond donors (Lipinski definition) is 0. The molecule has 10 rings (SSSR count). The van der Waals surface area contributed by atoms with Gasteiger partial charge < -0.3 is 0 Å². The minimum atomic E-state index is 0.530. The van der Waals surface area contributed by atoms with Crippen molar-refractivity contribution in [3.63, 3.8) is 0 Å². The Labute approximate surface area is 292 Å². The van der Waals surface area contributed by atoms with Crippen LogP contribution in [-0.4, -0.2) is 0 Å². The molecule has 0 bridgehead atoms. The Morgan fingerprint density at radius 1 is 0.306 bits per heavy atom. The summed E-state index contributed by atoms with van der Waals surface area (Å²) in [5.41, 5.74) is 9.59. The molecular formula is C48H30S. The maximum Gasteiger partial charge on any atom is 0.0623 e. The van der Waals surface area contributed by atoms with Crippen molar-refractivity contribution < 1.29 is 2.74 Å². The van der Waals surface area contributed by atoms with Crippen molar-refractivity contribution in [2.75, 3.05) is 0 Å². The molecule has 0 amide bonds. The fraction of sp³-hybridized carbons (Fsp3) is 0. The predicted octanol–water partition coefficient (Wildman–Crippen LogP) is 14.2. The Kier molecular flexibility index (Phi) is 6.00. The van der Waals surface area contributed by atoms with Gasteiger partial charge in [0.05, 0.1) is 2.74 Å². The highest BCUT2D eigenvalue weighted by Gasteiger charge is 2.17. The lowest BCUT2D eigenvalue weighted by molar-refractivity contribution is 1.63. The average Bonchev–Trinajstić information content (AvgIpc) is 3.54. The minimum absolute atomic E-state index is 0.530. The Balaban J connectivity index is 1.12. The van der Waals surface area contributed by atoms with Gasteiger partial charge in [-0.15, -0.1) is 11.3 Å². The zero-order valence-electron chi connectivity index (χ0n) is 28.6. The maximum absolute atomic E-state index is 8.08. The standard InChI is InChI=1S/C48H30S/c1-2-11-31(12-3-1)36-23-25-39-44-29-35(24-26-45(44)49-46(39)30-36)34-15-10-16-37(28-34)47-40-17-6-8-19-42(40)48(43-20-9-7-18-41(43)47)38-22-21-32-13-4-5-14-33(32)27-38/h1-30H/i1D,4D. The van der Waals surface area contributed by atoms with E-state index in [1.807, 2.05) is 47.7 Å². The van der Waals surface area contributed by atoms with Crippen LogP contribution in [0.25, 0.3) is 97.0 Å². The van der Waals surface area contributed by atoms with Crippen LogP contribution in [0.5, 0.6) is 0 Å². The summed E-state index contributed by atoms with van der Waals surface area (Å²) < 4.78 is 18.5. The van der Waals surface area contributed by atoms with Crippen molar-refractivity contribution in [2.45, 2.75) is 0 Å². The van der Waals surface area contributed by atoms with Crippen molar-refractivity contribution in [3.05, 3.63) is 182 Å². The van der Waals surface area contributed by atoms with Crippen LogP contribution >= 0.6 is 11.3 Å². The zero-order valence-corrected chi connectivity index (χ0v) is 27.4. The molecule has 0 spiro atoms. The Bertz CT molecular complexity index is 2930. The minimum Gasteiger partial charge on any atom is -0.135 e. The molecule has 0 fully saturated rings. The van der Waals surface area contributed by atoms with E-state index in [-0.39, 0.29) is 0 Å². The largest absolute Gasteiger partial charge is 0.135 e. The van der Waals surface area contributed by atoms with Crippen LogP contribution in [0, 0.1) is 0 Å². The monoisotopic (exact) mass is 640 g/mol. The molecule has 0 atom stereocenters. The highest BCUT2D eigenvalue weighted by atomic mass is 32.1. The van der Waals surface area contributed by atoms with Gasteiger partial charge in [-0.3, -0.25) is 0 Å². The second kappa shape index (κ2) is 11.3. The highest BCUT2D eigenvalue weighted by molar-refractivity contribution is 7.25. The van der Waals surface area contributed by atoms with Crippen LogP contribution in [-0.2, 0) is 0 Å². The Morgan fingerprint density at radius 2 is 0.898 bits per heavy atom. The predicted molar refractivity (Wildman–Crippen MR) is 214 cm³/mol. The molecule has 1 heteroatoms. The molecule has 9 aromatic carbocycles. The third-order valence-corrected chi connectivity index (χ3v) is 11.0. The van der Waals surface area contributed by atoms with Crippen molar-refractivity contribution in [3.8, 4) is 44.5 Å². The molecule has 0 N–H and O–H groups in total. The molecule has 0 aliphatic heterocycles. The van der Waals surface area contributed by atoms with Crippen molar-refractivity contribution >= 4 is 63.8 Å². The lowest BCUT2D eigenvalue weighted by atomic mass is 9.85. The molecule has 0 nitrogen and oxygen atoms in total. The van der Waals surface area contributed by atoms with Gasteiger partial charge in [0.15, 0.2) is 0 Å². The van der Waals surface area contributed by atoms with Gasteiger partial charge in [0, 0.05) is 20.2 Å². The molecule has 0 saturated heterocycles. The lowest BCUT2D eigenvalue weighted by Gasteiger charge is -2.18. The molecule has 228 valence electrons. The van der Waals surface area contributed by atoms with E-state index in [4.69, 9.17) is 2.74 Å². The normalized spacial score (nSPS) is 12.2. The molecule has 1 heterocycles. The molecule has 10 aromatic rings. The maximum atomic E-state index is 8.08. The molecule has 49 heavy (non-hydrogen) atoms. The van der Waals surface area contributed by atoms with Crippen LogP contribution in [0.1, 0.15) is 2.74 Å². The summed E-state index contributed by atoms with van der Waals surface area (Å²) in [7, 11) is 0. The Hall–Kier alpha value is -6.02. The van der Waals surface area contributed by atoms with Crippen LogP contribution in [0.4, 0.5) is 0 Å². The zero-order chi connectivity index (χ0) is 34.1. The first-order chi connectivity index (χ1) is 25.1. The Morgan fingerprint density at radius 3 is 1.65 bits per heavy atom. The summed E-state index contributed by atoms with van der Waals surface area (Å²) in [5.74, 6) is 0. The fourth-order valence-corrected chi connectivity index (χ4v) is 8.73. The summed E-state index contributed by atoms with van der Waals surface area (Å²) in [6.07, 6.45) is 0. The summed E-state index contributed by atoms with van der Waals surface area (Å²) in [5, 5.41) is 9.71. The third kappa shape index (κ3) is 4.66. The van der Waals surface area contributed by atoms with E-state index in [2.05, 4.69) is 133 Å². The van der Waals surface area contributed by atoms with Crippen LogP contribution in [0.15, 0.2) is 182 Å². The molecule has 0 aliphatic carbocycles. The smallest absolute Gasteiger partial charge is 0.0623 e. The second-order valence-corrected chi connectivity index (χ2v) is 13.8. The van der Waals surface area contributed by atoms with Crippen LogP contribution < -0.4 is 0 Å². The van der Waals surface area contributed by atoms with E-state index >= 15 is 0 Å². The van der Waals surface area contributed by atoms with Crippen LogP contribution in [0.3, 0.4) is 0 Å². The summed E-state index contributed by atoms with van der Waals surface area (Å²) in [6.45, 7) is 0. The van der Waals surface area contributed by atoms with E-state index in [1.165, 1.54) is 80.7 Å². The first-order valence-electron chi connectivity index (χ1n) is 17.7. The SMILES string of the molecule is [2H]c1ccc(-c2ccc3c(c2)sc2ccc(-c4cccc(-c5c6ccccc6c(-c6ccc7cc([2H])ccc7c6)c6ccccc56)c4)cc23)cc1. The number of hydrogen-bond acceptors (Lipinski definition) is 1. The van der Waals surface area contributed by atoms with Gasteiger partial charge in [0.25, 0.3) is 0 Å². The first-order valence-corrected chi connectivity index (χ1v) is 17.5. The molecular weight excluding hydrogens is 609 g/mol. The van der Waals surface area contributed by atoms with Gasteiger partial charge in [0.1, 0.15) is 0 Å². The van der Waals surface area contributed by atoms with E-state index in [0.717, 1.165) is 16.3 Å². The number of benzene rings is 9. The van der Waals surface area contributed by atoms with Crippen molar-refractivity contribution in [1.82, 2.24) is 0 Å². The number of thiophene rings is 1. The van der Waals surface area contributed by atoms with Gasteiger partial charge in [-0.25, -0.2) is 0 Å². The van der Waals surface area contributed by atoms with Gasteiger partial charge >= 0.3 is 0 Å². The quantitative estimate of drug-likeness (QED) is 0.168. The van der Waals surface area contributed by atoms with Gasteiger partial charge in [-0.2, -0.15) is 0 Å². The average molecular weight is 641 g/mol. The summed E-state index contributed by atoms with van der Waals surface area (Å²) in [6, 6.07) is 61.6. The molecule has 1 aromatic heterocycles. The molecule has 0 unspecified atom stereocenters. The number of rotatable bonds is 4. The fourth-order valence-electron chi connectivity index (χ4n) is 7.60. The lowest BCUT2D eigenvalue weighted by Crippen LogP contribution is -1.91. The third-order valence-electron chi connectivity index (χ3n) is 9.91. The summed E-state index contributed by atoms with van der Waals surface area (Å²) >= 11 is 1.84.